The molecule has 154 valence electrons. The first-order chi connectivity index (χ1) is 14.5. The number of nitro groups is 1. The summed E-state index contributed by atoms with van der Waals surface area (Å²) < 4.78 is 1.45. The smallest absolute Gasteiger partial charge is 0.271 e. The maximum Gasteiger partial charge on any atom is 0.271 e. The van der Waals surface area contributed by atoms with Gasteiger partial charge < -0.3 is 5.32 Å². The van der Waals surface area contributed by atoms with Gasteiger partial charge in [0.1, 0.15) is 5.69 Å². The highest BCUT2D eigenvalue weighted by molar-refractivity contribution is 6.33. The number of benzene rings is 2. The van der Waals surface area contributed by atoms with Crippen molar-refractivity contribution in [3.8, 4) is 16.9 Å². The number of carbonyl (C=O) groups excluding carboxylic acids is 1. The molecule has 0 radical (unpaired) electrons. The van der Waals surface area contributed by atoms with Crippen molar-refractivity contribution >= 4 is 23.2 Å². The average molecular weight is 425 g/mol. The van der Waals surface area contributed by atoms with Crippen LogP contribution in [0, 0.1) is 10.1 Å². The van der Waals surface area contributed by atoms with E-state index in [1.54, 1.807) is 24.3 Å². The monoisotopic (exact) mass is 424 g/mol. The topological polar surface area (TPSA) is 90.1 Å². The van der Waals surface area contributed by atoms with Gasteiger partial charge in [-0.2, -0.15) is 5.10 Å². The van der Waals surface area contributed by atoms with Gasteiger partial charge in [-0.1, -0.05) is 55.1 Å². The van der Waals surface area contributed by atoms with Crippen LogP contribution in [0.3, 0.4) is 0 Å². The summed E-state index contributed by atoms with van der Waals surface area (Å²) in [5.74, 6) is -0.251. The molecule has 1 heterocycles. The lowest BCUT2D eigenvalue weighted by Crippen LogP contribution is -2.37. The quantitative estimate of drug-likeness (QED) is 0.452. The second-order valence-corrected chi connectivity index (χ2v) is 7.80. The zero-order valence-corrected chi connectivity index (χ0v) is 17.0. The van der Waals surface area contributed by atoms with Crippen LogP contribution in [0.15, 0.2) is 54.6 Å². The van der Waals surface area contributed by atoms with Crippen molar-refractivity contribution < 1.29 is 9.72 Å². The van der Waals surface area contributed by atoms with Crippen molar-refractivity contribution in [2.45, 2.75) is 38.1 Å². The molecule has 1 N–H and O–H groups in total. The predicted octanol–water partition coefficient (Wildman–Crippen LogP) is 5.16. The van der Waals surface area contributed by atoms with Crippen molar-refractivity contribution in [3.05, 3.63) is 75.4 Å². The molecule has 0 saturated heterocycles. The Hall–Kier alpha value is -3.19. The Morgan fingerprint density at radius 3 is 2.60 bits per heavy atom. The Bertz CT molecular complexity index is 1090. The fraction of sp³-hybridized carbons (Fsp3) is 0.273. The van der Waals surface area contributed by atoms with Gasteiger partial charge in [-0.3, -0.25) is 14.9 Å². The van der Waals surface area contributed by atoms with Crippen molar-refractivity contribution in [1.29, 1.82) is 0 Å². The maximum atomic E-state index is 13.1. The van der Waals surface area contributed by atoms with Gasteiger partial charge in [0.2, 0.25) is 0 Å². The van der Waals surface area contributed by atoms with E-state index >= 15 is 0 Å². The molecule has 1 amide bonds. The van der Waals surface area contributed by atoms with E-state index in [4.69, 9.17) is 11.6 Å². The Morgan fingerprint density at radius 2 is 1.87 bits per heavy atom. The number of halogens is 1. The minimum atomic E-state index is -0.469. The van der Waals surface area contributed by atoms with Gasteiger partial charge in [0.15, 0.2) is 0 Å². The molecule has 0 aliphatic heterocycles. The van der Waals surface area contributed by atoms with Gasteiger partial charge in [-0.05, 0) is 31.0 Å². The van der Waals surface area contributed by atoms with Crippen molar-refractivity contribution in [2.24, 2.45) is 0 Å². The number of carbonyl (C=O) groups is 1. The summed E-state index contributed by atoms with van der Waals surface area (Å²) in [7, 11) is 0. The van der Waals surface area contributed by atoms with Gasteiger partial charge in [0, 0.05) is 23.7 Å². The van der Waals surface area contributed by atoms with Crippen LogP contribution in [0.2, 0.25) is 5.02 Å². The van der Waals surface area contributed by atoms with Gasteiger partial charge in [-0.25, -0.2) is 4.68 Å². The second kappa shape index (κ2) is 8.67. The number of nitro benzene ring substituents is 1. The van der Waals surface area contributed by atoms with Crippen LogP contribution >= 0.6 is 11.6 Å². The zero-order chi connectivity index (χ0) is 21.1. The number of rotatable bonds is 5. The number of hydrogen-bond donors (Lipinski definition) is 1. The molecule has 0 unspecified atom stereocenters. The van der Waals surface area contributed by atoms with E-state index in [0.717, 1.165) is 25.7 Å². The summed E-state index contributed by atoms with van der Waals surface area (Å²) in [5.41, 5.74) is 1.91. The summed E-state index contributed by atoms with van der Waals surface area (Å²) in [6.45, 7) is 0. The molecular weight excluding hydrogens is 404 g/mol. The molecule has 1 aliphatic rings. The highest BCUT2D eigenvalue weighted by atomic mass is 35.5. The number of nitrogens with zero attached hydrogens (tertiary/aromatic N) is 3. The summed E-state index contributed by atoms with van der Waals surface area (Å²) in [6.07, 6.45) is 5.29. The summed E-state index contributed by atoms with van der Waals surface area (Å²) in [5, 5.41) is 19.4. The molecule has 0 atom stereocenters. The number of aromatic nitrogens is 2. The molecule has 0 bridgehead atoms. The highest BCUT2D eigenvalue weighted by Gasteiger charge is 2.23. The number of non-ortho nitro benzene ring substituents is 1. The van der Waals surface area contributed by atoms with Gasteiger partial charge in [0.25, 0.3) is 11.6 Å². The number of amides is 1. The van der Waals surface area contributed by atoms with Crippen molar-refractivity contribution in [1.82, 2.24) is 15.1 Å². The van der Waals surface area contributed by atoms with E-state index in [2.05, 4.69) is 10.4 Å². The minimum Gasteiger partial charge on any atom is -0.348 e. The van der Waals surface area contributed by atoms with Gasteiger partial charge in [0.05, 0.1) is 21.3 Å². The molecule has 0 spiro atoms. The van der Waals surface area contributed by atoms with Crippen LogP contribution in [0.1, 0.15) is 42.6 Å². The van der Waals surface area contributed by atoms with E-state index in [1.807, 2.05) is 18.2 Å². The van der Waals surface area contributed by atoms with Crippen LogP contribution in [-0.2, 0) is 0 Å². The fourth-order valence-electron chi connectivity index (χ4n) is 3.78. The van der Waals surface area contributed by atoms with E-state index in [0.29, 0.717) is 27.7 Å². The van der Waals surface area contributed by atoms with E-state index < -0.39 is 4.92 Å². The molecular formula is C22H21ClN4O3. The number of hydrogen-bond acceptors (Lipinski definition) is 4. The third kappa shape index (κ3) is 4.21. The SMILES string of the molecule is O=C(NC1CCCCC1)c1cc(-c2ccccc2Cl)nn1-c1cccc([N+](=O)[O-])c1. The third-order valence-corrected chi connectivity index (χ3v) is 5.65. The Balaban J connectivity index is 1.76. The van der Waals surface area contributed by atoms with E-state index in [1.165, 1.54) is 23.2 Å². The molecule has 7 nitrogen and oxygen atoms in total. The Kier molecular flexibility index (Phi) is 5.81. The maximum absolute atomic E-state index is 13.1. The minimum absolute atomic E-state index is 0.0686. The Labute approximate surface area is 178 Å². The zero-order valence-electron chi connectivity index (χ0n) is 16.3. The first kappa shape index (κ1) is 20.1. The molecule has 3 aromatic rings. The van der Waals surface area contributed by atoms with Crippen LogP contribution < -0.4 is 5.32 Å². The molecule has 1 aliphatic carbocycles. The first-order valence-corrected chi connectivity index (χ1v) is 10.3. The molecule has 1 fully saturated rings. The molecule has 2 aromatic carbocycles. The third-order valence-electron chi connectivity index (χ3n) is 5.32. The van der Waals surface area contributed by atoms with Crippen LogP contribution in [-0.4, -0.2) is 26.7 Å². The highest BCUT2D eigenvalue weighted by Crippen LogP contribution is 2.29. The van der Waals surface area contributed by atoms with Crippen LogP contribution in [0.5, 0.6) is 0 Å². The lowest BCUT2D eigenvalue weighted by Gasteiger charge is -2.22. The fourth-order valence-corrected chi connectivity index (χ4v) is 4.02. The number of nitrogens with one attached hydrogen (secondary N) is 1. The molecule has 30 heavy (non-hydrogen) atoms. The lowest BCUT2D eigenvalue weighted by molar-refractivity contribution is -0.384. The molecule has 4 rings (SSSR count). The predicted molar refractivity (Wildman–Crippen MR) is 115 cm³/mol. The van der Waals surface area contributed by atoms with Crippen LogP contribution in [0.4, 0.5) is 5.69 Å². The average Bonchev–Trinajstić information content (AvgIpc) is 3.20. The summed E-state index contributed by atoms with van der Waals surface area (Å²) in [4.78, 5) is 23.9. The van der Waals surface area contributed by atoms with Crippen molar-refractivity contribution in [2.75, 3.05) is 0 Å². The molecule has 1 saturated carbocycles. The van der Waals surface area contributed by atoms with E-state index in [-0.39, 0.29) is 17.6 Å². The second-order valence-electron chi connectivity index (χ2n) is 7.39. The normalized spacial score (nSPS) is 14.4. The van der Waals surface area contributed by atoms with Gasteiger partial charge >= 0.3 is 0 Å². The largest absolute Gasteiger partial charge is 0.348 e. The summed E-state index contributed by atoms with van der Waals surface area (Å²) in [6, 6.07) is 15.1. The van der Waals surface area contributed by atoms with Crippen LogP contribution in [0.25, 0.3) is 16.9 Å². The first-order valence-electron chi connectivity index (χ1n) is 9.93. The Morgan fingerprint density at radius 1 is 1.10 bits per heavy atom. The lowest BCUT2D eigenvalue weighted by atomic mass is 9.95. The summed E-state index contributed by atoms with van der Waals surface area (Å²) >= 11 is 6.33. The van der Waals surface area contributed by atoms with E-state index in [9.17, 15) is 14.9 Å². The van der Waals surface area contributed by atoms with Gasteiger partial charge in [-0.15, -0.1) is 0 Å². The molecule has 1 aromatic heterocycles. The van der Waals surface area contributed by atoms with Crippen molar-refractivity contribution in [3.63, 3.8) is 0 Å². The standard InChI is InChI=1S/C22H21ClN4O3/c23-19-12-5-4-11-18(19)20-14-21(22(28)24-15-7-2-1-3-8-15)26(25-20)16-9-6-10-17(13-16)27(29)30/h4-6,9-15H,1-3,7-8H2,(H,24,28). The molecule has 8 heteroatoms.